The number of nitrogens with zero attached hydrogens (tertiary/aromatic N) is 2. The van der Waals surface area contributed by atoms with Crippen molar-refractivity contribution < 1.29 is 14.2 Å². The van der Waals surface area contributed by atoms with Crippen LogP contribution in [0.3, 0.4) is 0 Å². The van der Waals surface area contributed by atoms with Crippen LogP contribution in [0.15, 0.2) is 30.3 Å². The molecule has 0 amide bonds. The van der Waals surface area contributed by atoms with Crippen LogP contribution in [0, 0.1) is 5.92 Å². The maximum Gasteiger partial charge on any atom is 0.162 e. The summed E-state index contributed by atoms with van der Waals surface area (Å²) >= 11 is 0. The van der Waals surface area contributed by atoms with E-state index in [1.807, 2.05) is 12.1 Å². The molecule has 6 nitrogen and oxygen atoms in total. The van der Waals surface area contributed by atoms with Gasteiger partial charge in [0.15, 0.2) is 11.5 Å². The van der Waals surface area contributed by atoms with Crippen molar-refractivity contribution in [1.82, 2.24) is 9.55 Å². The molecule has 6 rings (SSSR count). The smallest absolute Gasteiger partial charge is 0.162 e. The SMILES string of the molecule is c1cc2c(cc1-c1nc3cc(NCC4CC4)cc4c3n1CCCO4)OCCO2. The number of imidazole rings is 1. The summed E-state index contributed by atoms with van der Waals surface area (Å²) in [4.78, 5) is 5.00. The van der Waals surface area contributed by atoms with Crippen LogP contribution in [0.4, 0.5) is 5.69 Å². The molecule has 1 N–H and O–H groups in total. The maximum absolute atomic E-state index is 6.08. The second-order valence-electron chi connectivity index (χ2n) is 7.81. The van der Waals surface area contributed by atoms with Crippen LogP contribution in [0.25, 0.3) is 22.4 Å². The lowest BCUT2D eigenvalue weighted by Crippen LogP contribution is -2.15. The van der Waals surface area contributed by atoms with Crippen LogP contribution in [0.2, 0.25) is 0 Å². The Labute approximate surface area is 163 Å². The fraction of sp³-hybridized carbons (Fsp3) is 0.409. The molecule has 0 spiro atoms. The molecule has 0 atom stereocenters. The Bertz CT molecular complexity index is 1050. The van der Waals surface area contributed by atoms with Gasteiger partial charge in [0.05, 0.1) is 12.1 Å². The van der Waals surface area contributed by atoms with Gasteiger partial charge in [-0.3, -0.25) is 0 Å². The highest BCUT2D eigenvalue weighted by atomic mass is 16.6. The first-order valence-corrected chi connectivity index (χ1v) is 10.2. The van der Waals surface area contributed by atoms with Gasteiger partial charge in [-0.15, -0.1) is 0 Å². The molecular weight excluding hydrogens is 354 g/mol. The highest BCUT2D eigenvalue weighted by molar-refractivity contribution is 5.89. The molecule has 144 valence electrons. The molecule has 0 radical (unpaired) electrons. The summed E-state index contributed by atoms with van der Waals surface area (Å²) in [6, 6.07) is 10.4. The van der Waals surface area contributed by atoms with E-state index < -0.39 is 0 Å². The standard InChI is InChI=1S/C22H23N3O3/c1-6-25-21-17(11-16(12-20(21)26-7-1)23-13-14-2-3-14)24-22(25)15-4-5-18-19(10-15)28-9-8-27-18/h4-5,10-12,14,23H,1-3,6-9,13H2. The van der Waals surface area contributed by atoms with Crippen molar-refractivity contribution in [1.29, 1.82) is 0 Å². The highest BCUT2D eigenvalue weighted by Crippen LogP contribution is 2.39. The molecule has 2 aromatic carbocycles. The average Bonchev–Trinajstić information content (AvgIpc) is 3.51. The van der Waals surface area contributed by atoms with Gasteiger partial charge >= 0.3 is 0 Å². The normalized spacial score (nSPS) is 17.9. The third-order valence-corrected chi connectivity index (χ3v) is 5.68. The van der Waals surface area contributed by atoms with Gasteiger partial charge in [-0.2, -0.15) is 0 Å². The lowest BCUT2D eigenvalue weighted by atomic mass is 10.2. The average molecular weight is 377 g/mol. The molecule has 0 unspecified atom stereocenters. The van der Waals surface area contributed by atoms with Gasteiger partial charge in [-0.05, 0) is 49.4 Å². The minimum absolute atomic E-state index is 0.584. The third kappa shape index (κ3) is 2.75. The van der Waals surface area contributed by atoms with Gasteiger partial charge in [0, 0.05) is 30.4 Å². The van der Waals surface area contributed by atoms with Crippen molar-refractivity contribution in [2.24, 2.45) is 5.92 Å². The zero-order valence-corrected chi connectivity index (χ0v) is 15.7. The molecule has 6 heteroatoms. The molecule has 1 fully saturated rings. The van der Waals surface area contributed by atoms with Gasteiger partial charge in [0.1, 0.15) is 30.3 Å². The highest BCUT2D eigenvalue weighted by Gasteiger charge is 2.23. The van der Waals surface area contributed by atoms with Crippen molar-refractivity contribution in [2.45, 2.75) is 25.8 Å². The van der Waals surface area contributed by atoms with Gasteiger partial charge in [-0.25, -0.2) is 4.98 Å². The molecule has 0 saturated heterocycles. The first kappa shape index (κ1) is 16.1. The first-order valence-electron chi connectivity index (χ1n) is 10.2. The fourth-order valence-electron chi connectivity index (χ4n) is 4.05. The molecule has 0 bridgehead atoms. The second-order valence-corrected chi connectivity index (χ2v) is 7.81. The minimum Gasteiger partial charge on any atom is -0.491 e. The van der Waals surface area contributed by atoms with E-state index in [0.717, 1.165) is 77.4 Å². The number of nitrogens with one attached hydrogen (secondary N) is 1. The topological polar surface area (TPSA) is 57.5 Å². The van der Waals surface area contributed by atoms with Crippen LogP contribution in [0.1, 0.15) is 19.3 Å². The zero-order chi connectivity index (χ0) is 18.5. The largest absolute Gasteiger partial charge is 0.491 e. The van der Waals surface area contributed by atoms with Crippen molar-refractivity contribution in [3.05, 3.63) is 30.3 Å². The molecular formula is C22H23N3O3. The predicted octanol–water partition coefficient (Wildman–Crippen LogP) is 4.08. The van der Waals surface area contributed by atoms with Gasteiger partial charge in [0.25, 0.3) is 0 Å². The summed E-state index contributed by atoms with van der Waals surface area (Å²) in [6.07, 6.45) is 3.63. The Morgan fingerprint density at radius 3 is 2.71 bits per heavy atom. The molecule has 1 saturated carbocycles. The molecule has 3 aromatic rings. The number of aryl methyl sites for hydroxylation is 1. The van der Waals surface area contributed by atoms with E-state index in [1.54, 1.807) is 0 Å². The molecule has 3 heterocycles. The van der Waals surface area contributed by atoms with Gasteiger partial charge < -0.3 is 24.1 Å². The van der Waals surface area contributed by atoms with Crippen molar-refractivity contribution in [3.8, 4) is 28.6 Å². The van der Waals surface area contributed by atoms with Crippen molar-refractivity contribution in [3.63, 3.8) is 0 Å². The quantitative estimate of drug-likeness (QED) is 0.742. The Morgan fingerprint density at radius 2 is 1.82 bits per heavy atom. The van der Waals surface area contributed by atoms with Gasteiger partial charge in [0.2, 0.25) is 0 Å². The van der Waals surface area contributed by atoms with Crippen LogP contribution in [-0.4, -0.2) is 35.9 Å². The Morgan fingerprint density at radius 1 is 0.964 bits per heavy atom. The molecule has 3 aliphatic rings. The number of anilines is 1. The number of aromatic nitrogens is 2. The maximum atomic E-state index is 6.08. The number of hydrogen-bond donors (Lipinski definition) is 1. The van der Waals surface area contributed by atoms with Gasteiger partial charge in [-0.1, -0.05) is 0 Å². The van der Waals surface area contributed by atoms with E-state index in [0.29, 0.717) is 13.2 Å². The molecule has 28 heavy (non-hydrogen) atoms. The summed E-state index contributed by atoms with van der Waals surface area (Å²) in [6.45, 7) is 3.83. The van der Waals surface area contributed by atoms with E-state index in [-0.39, 0.29) is 0 Å². The zero-order valence-electron chi connectivity index (χ0n) is 15.7. The summed E-state index contributed by atoms with van der Waals surface area (Å²) in [5.41, 5.74) is 4.19. The molecule has 1 aliphatic carbocycles. The summed E-state index contributed by atoms with van der Waals surface area (Å²) in [5, 5.41) is 3.56. The minimum atomic E-state index is 0.584. The summed E-state index contributed by atoms with van der Waals surface area (Å²) < 4.78 is 19.8. The Kier molecular flexibility index (Phi) is 3.64. The van der Waals surface area contributed by atoms with E-state index in [4.69, 9.17) is 19.2 Å². The van der Waals surface area contributed by atoms with Crippen LogP contribution in [-0.2, 0) is 6.54 Å². The fourth-order valence-corrected chi connectivity index (χ4v) is 4.05. The van der Waals surface area contributed by atoms with Crippen LogP contribution >= 0.6 is 0 Å². The lowest BCUT2D eigenvalue weighted by molar-refractivity contribution is 0.171. The first-order chi connectivity index (χ1) is 13.8. The number of hydrogen-bond acceptors (Lipinski definition) is 5. The third-order valence-electron chi connectivity index (χ3n) is 5.68. The van der Waals surface area contributed by atoms with E-state index in [2.05, 4.69) is 28.1 Å². The predicted molar refractivity (Wildman–Crippen MR) is 107 cm³/mol. The van der Waals surface area contributed by atoms with Crippen molar-refractivity contribution >= 4 is 16.7 Å². The Balaban J connectivity index is 1.46. The number of fused-ring (bicyclic) bond motifs is 1. The summed E-state index contributed by atoms with van der Waals surface area (Å²) in [5.74, 6) is 4.29. The summed E-state index contributed by atoms with van der Waals surface area (Å²) in [7, 11) is 0. The monoisotopic (exact) mass is 377 g/mol. The van der Waals surface area contributed by atoms with E-state index >= 15 is 0 Å². The number of benzene rings is 2. The Hall–Kier alpha value is -2.89. The van der Waals surface area contributed by atoms with Crippen molar-refractivity contribution in [2.75, 3.05) is 31.7 Å². The van der Waals surface area contributed by atoms with Crippen LogP contribution < -0.4 is 19.5 Å². The van der Waals surface area contributed by atoms with E-state index in [9.17, 15) is 0 Å². The van der Waals surface area contributed by atoms with Crippen LogP contribution in [0.5, 0.6) is 17.2 Å². The molecule has 2 aliphatic heterocycles. The second kappa shape index (κ2) is 6.33. The lowest BCUT2D eigenvalue weighted by Gasteiger charge is -2.19. The van der Waals surface area contributed by atoms with E-state index in [1.165, 1.54) is 12.8 Å². The number of rotatable bonds is 4. The number of ether oxygens (including phenoxy) is 3. The molecule has 1 aromatic heterocycles.